The third-order valence-electron chi connectivity index (χ3n) is 6.95. The first-order valence-electron chi connectivity index (χ1n) is 11.0. The number of carbonyl (C=O) groups is 1. The lowest BCUT2D eigenvalue weighted by Crippen LogP contribution is -2.37. The molecular weight excluding hydrogens is 416 g/mol. The molecule has 0 bridgehead atoms. The molecule has 1 aromatic heterocycles. The summed E-state index contributed by atoms with van der Waals surface area (Å²) in [6.07, 6.45) is 0. The first kappa shape index (κ1) is 19.7. The number of aromatic amines is 1. The van der Waals surface area contributed by atoms with Crippen LogP contribution in [0.15, 0.2) is 60.7 Å². The molecule has 0 aliphatic carbocycles. The van der Waals surface area contributed by atoms with Crippen molar-refractivity contribution in [2.75, 3.05) is 27.9 Å². The molecule has 6 heteroatoms. The molecule has 2 aliphatic rings. The van der Waals surface area contributed by atoms with E-state index in [9.17, 15) is 4.79 Å². The monoisotopic (exact) mass is 440 g/mol. The normalized spacial score (nSPS) is 18.6. The number of rotatable bonds is 4. The lowest BCUT2D eigenvalue weighted by molar-refractivity contribution is 0.0725. The smallest absolute Gasteiger partial charge is 0.259 e. The Labute approximate surface area is 191 Å². The maximum Gasteiger partial charge on any atom is 0.259 e. The van der Waals surface area contributed by atoms with Crippen LogP contribution in [0.25, 0.3) is 10.9 Å². The molecule has 3 heterocycles. The molecule has 4 aromatic rings. The number of amides is 1. The van der Waals surface area contributed by atoms with Crippen LogP contribution in [-0.2, 0) is 0 Å². The minimum Gasteiger partial charge on any atom is -0.497 e. The zero-order valence-corrected chi connectivity index (χ0v) is 18.7. The number of ether oxygens (including phenoxy) is 3. The van der Waals surface area contributed by atoms with E-state index < -0.39 is 0 Å². The Balaban J connectivity index is 1.59. The van der Waals surface area contributed by atoms with Crippen molar-refractivity contribution < 1.29 is 19.0 Å². The highest BCUT2D eigenvalue weighted by molar-refractivity contribution is 6.04. The molecule has 0 saturated heterocycles. The lowest BCUT2D eigenvalue weighted by Gasteiger charge is -2.36. The Morgan fingerprint density at radius 3 is 2.42 bits per heavy atom. The van der Waals surface area contributed by atoms with Crippen LogP contribution in [0, 0.1) is 0 Å². The highest BCUT2D eigenvalue weighted by atomic mass is 16.5. The molecule has 6 nitrogen and oxygen atoms in total. The first-order valence-corrected chi connectivity index (χ1v) is 11.0. The van der Waals surface area contributed by atoms with Crippen LogP contribution in [0.5, 0.6) is 17.2 Å². The number of nitrogens with zero attached hydrogens (tertiary/aromatic N) is 1. The summed E-state index contributed by atoms with van der Waals surface area (Å²) >= 11 is 0. The zero-order valence-electron chi connectivity index (χ0n) is 18.7. The Kier molecular flexibility index (Phi) is 4.37. The number of methoxy groups -OCH3 is 3. The number of aromatic nitrogens is 1. The van der Waals surface area contributed by atoms with Crippen molar-refractivity contribution in [3.05, 3.63) is 88.6 Å². The zero-order chi connectivity index (χ0) is 22.7. The fraction of sp³-hybridized carbons (Fsp3) is 0.222. The summed E-state index contributed by atoms with van der Waals surface area (Å²) < 4.78 is 16.5. The van der Waals surface area contributed by atoms with Gasteiger partial charge >= 0.3 is 0 Å². The third-order valence-corrected chi connectivity index (χ3v) is 6.95. The molecule has 0 spiro atoms. The number of hydrogen-bond donors (Lipinski definition) is 1. The van der Waals surface area contributed by atoms with E-state index in [2.05, 4.69) is 35.3 Å². The fourth-order valence-electron chi connectivity index (χ4n) is 5.49. The number of H-pyrrole nitrogens is 1. The van der Waals surface area contributed by atoms with Gasteiger partial charge in [-0.25, -0.2) is 0 Å². The summed E-state index contributed by atoms with van der Waals surface area (Å²) in [7, 11) is 4.84. The summed E-state index contributed by atoms with van der Waals surface area (Å²) in [4.78, 5) is 19.3. The van der Waals surface area contributed by atoms with Gasteiger partial charge in [0.05, 0.1) is 32.9 Å². The summed E-state index contributed by atoms with van der Waals surface area (Å²) in [6.45, 7) is 0.574. The van der Waals surface area contributed by atoms with Gasteiger partial charge in [-0.15, -0.1) is 0 Å². The topological polar surface area (TPSA) is 63.8 Å². The minimum absolute atomic E-state index is 0.0319. The van der Waals surface area contributed by atoms with Gasteiger partial charge in [0, 0.05) is 29.1 Å². The molecule has 6 rings (SSSR count). The second-order valence-corrected chi connectivity index (χ2v) is 8.45. The van der Waals surface area contributed by atoms with Crippen molar-refractivity contribution in [3.8, 4) is 17.2 Å². The van der Waals surface area contributed by atoms with E-state index in [0.29, 0.717) is 23.6 Å². The summed E-state index contributed by atoms with van der Waals surface area (Å²) in [5.41, 5.74) is 6.05. The second kappa shape index (κ2) is 7.30. The van der Waals surface area contributed by atoms with Gasteiger partial charge in [0.15, 0.2) is 11.5 Å². The maximum atomic E-state index is 13.7. The van der Waals surface area contributed by atoms with Crippen molar-refractivity contribution in [1.82, 2.24) is 9.88 Å². The number of nitrogens with one attached hydrogen (secondary N) is 1. The number of carbonyl (C=O) groups excluding carboxylic acids is 1. The molecule has 1 amide bonds. The highest BCUT2D eigenvalue weighted by Crippen LogP contribution is 2.52. The van der Waals surface area contributed by atoms with Crippen molar-refractivity contribution in [2.45, 2.75) is 12.0 Å². The largest absolute Gasteiger partial charge is 0.497 e. The van der Waals surface area contributed by atoms with E-state index in [1.54, 1.807) is 21.3 Å². The van der Waals surface area contributed by atoms with Crippen LogP contribution in [0.1, 0.15) is 44.7 Å². The van der Waals surface area contributed by atoms with Crippen molar-refractivity contribution >= 4 is 16.8 Å². The molecule has 166 valence electrons. The fourth-order valence-corrected chi connectivity index (χ4v) is 5.49. The van der Waals surface area contributed by atoms with Crippen LogP contribution in [0.4, 0.5) is 0 Å². The molecule has 33 heavy (non-hydrogen) atoms. The predicted octanol–water partition coefficient (Wildman–Crippen LogP) is 4.88. The van der Waals surface area contributed by atoms with Crippen LogP contribution < -0.4 is 14.2 Å². The van der Waals surface area contributed by atoms with Crippen molar-refractivity contribution in [1.29, 1.82) is 0 Å². The predicted molar refractivity (Wildman–Crippen MR) is 126 cm³/mol. The summed E-state index contributed by atoms with van der Waals surface area (Å²) in [6, 6.07) is 20.2. The molecule has 3 aromatic carbocycles. The Morgan fingerprint density at radius 1 is 0.909 bits per heavy atom. The minimum atomic E-state index is -0.191. The van der Waals surface area contributed by atoms with E-state index in [-0.39, 0.29) is 17.9 Å². The third kappa shape index (κ3) is 2.70. The van der Waals surface area contributed by atoms with Gasteiger partial charge in [-0.1, -0.05) is 36.4 Å². The van der Waals surface area contributed by atoms with Gasteiger partial charge in [-0.05, 0) is 41.0 Å². The molecule has 1 N–H and O–H groups in total. The SMILES string of the molecule is COc1ccc([C@H]2CN3C(=O)c4c(ccc(OC)c4OC)[C@@H]3c3[nH]c4ccccc4c32)cc1. The van der Waals surface area contributed by atoms with E-state index in [1.165, 1.54) is 10.9 Å². The van der Waals surface area contributed by atoms with Gasteiger partial charge < -0.3 is 24.1 Å². The van der Waals surface area contributed by atoms with Gasteiger partial charge in [0.1, 0.15) is 5.75 Å². The standard InChI is InChI=1S/C27H24N2O4/c1-31-16-10-8-15(9-11-16)19-14-29-25(24-22(19)17-6-4-5-7-20(17)28-24)18-12-13-21(32-2)26(33-3)23(18)27(29)30/h4-13,19,25,28H,14H2,1-3H3/t19-,25-/m1/s1. The van der Waals surface area contributed by atoms with E-state index in [0.717, 1.165) is 28.1 Å². The van der Waals surface area contributed by atoms with Crippen LogP contribution in [0.3, 0.4) is 0 Å². The Bertz CT molecular complexity index is 1390. The van der Waals surface area contributed by atoms with Crippen molar-refractivity contribution in [3.63, 3.8) is 0 Å². The Morgan fingerprint density at radius 2 is 1.70 bits per heavy atom. The molecule has 0 radical (unpaired) electrons. The summed E-state index contributed by atoms with van der Waals surface area (Å²) in [5.74, 6) is 1.87. The maximum absolute atomic E-state index is 13.7. The molecule has 0 unspecified atom stereocenters. The quantitative estimate of drug-likeness (QED) is 0.491. The van der Waals surface area contributed by atoms with E-state index in [1.807, 2.05) is 35.2 Å². The van der Waals surface area contributed by atoms with Gasteiger partial charge in [0.25, 0.3) is 5.91 Å². The van der Waals surface area contributed by atoms with Crippen LogP contribution in [-0.4, -0.2) is 43.7 Å². The average molecular weight is 440 g/mol. The van der Waals surface area contributed by atoms with Crippen molar-refractivity contribution in [2.24, 2.45) is 0 Å². The second-order valence-electron chi connectivity index (χ2n) is 8.45. The number of para-hydroxylation sites is 1. The van der Waals surface area contributed by atoms with Gasteiger partial charge in [0.2, 0.25) is 0 Å². The van der Waals surface area contributed by atoms with Crippen LogP contribution >= 0.6 is 0 Å². The number of fused-ring (bicyclic) bond motifs is 7. The van der Waals surface area contributed by atoms with Crippen LogP contribution in [0.2, 0.25) is 0 Å². The molecule has 2 aliphatic heterocycles. The van der Waals surface area contributed by atoms with E-state index in [4.69, 9.17) is 14.2 Å². The Hall–Kier alpha value is -3.93. The van der Waals surface area contributed by atoms with Gasteiger partial charge in [-0.3, -0.25) is 4.79 Å². The molecular formula is C27H24N2O4. The highest BCUT2D eigenvalue weighted by Gasteiger charge is 2.47. The molecule has 0 saturated carbocycles. The first-order chi connectivity index (χ1) is 16.2. The number of hydrogen-bond acceptors (Lipinski definition) is 4. The van der Waals surface area contributed by atoms with E-state index >= 15 is 0 Å². The summed E-state index contributed by atoms with van der Waals surface area (Å²) in [5, 5.41) is 1.19. The lowest BCUT2D eigenvalue weighted by atomic mass is 9.83. The average Bonchev–Trinajstić information content (AvgIpc) is 3.39. The molecule has 2 atom stereocenters. The number of benzene rings is 3. The van der Waals surface area contributed by atoms with Gasteiger partial charge in [-0.2, -0.15) is 0 Å². The molecule has 0 fully saturated rings.